The molecular weight excluding hydrogens is 1060 g/mol. The van der Waals surface area contributed by atoms with Gasteiger partial charge < -0.3 is 24.1 Å². The normalized spacial score (nSPS) is 13.4. The maximum absolute atomic E-state index is 10.5. The van der Waals surface area contributed by atoms with Crippen molar-refractivity contribution < 1.29 is 33.6 Å². The number of benzene rings is 4. The molecule has 5 rings (SSSR count). The third-order valence-corrected chi connectivity index (χ3v) is 14.7. The van der Waals surface area contributed by atoms with Gasteiger partial charge in [-0.1, -0.05) is 212 Å². The summed E-state index contributed by atoms with van der Waals surface area (Å²) in [7, 11) is 0. The Balaban J connectivity index is 0.000000596. The maximum Gasteiger partial charge on any atom is 0.150 e. The summed E-state index contributed by atoms with van der Waals surface area (Å²) in [6.45, 7) is 32.0. The zero-order valence-electron chi connectivity index (χ0n) is 52.4. The molecule has 0 saturated carbocycles. The van der Waals surface area contributed by atoms with E-state index in [1.807, 2.05) is 12.1 Å². The second kappa shape index (κ2) is 48.2. The number of rotatable bonds is 34. The number of alkyl halides is 1. The highest BCUT2D eigenvalue weighted by molar-refractivity contribution is 9.09. The number of aromatic hydroxyl groups is 1. The van der Waals surface area contributed by atoms with E-state index in [1.165, 1.54) is 120 Å². The molecule has 1 aliphatic rings. The summed E-state index contributed by atoms with van der Waals surface area (Å²) >= 11 is 3.47. The molecule has 450 valence electrons. The molecule has 1 N–H and O–H groups in total. The van der Waals surface area contributed by atoms with Gasteiger partial charge in [-0.05, 0) is 170 Å². The van der Waals surface area contributed by atoms with E-state index < -0.39 is 0 Å². The minimum atomic E-state index is 0.181. The van der Waals surface area contributed by atoms with E-state index in [0.717, 1.165) is 129 Å². The van der Waals surface area contributed by atoms with Crippen molar-refractivity contribution in [1.29, 1.82) is 0 Å². The largest absolute Gasteiger partial charge is 0.508 e. The fourth-order valence-corrected chi connectivity index (χ4v) is 9.43. The highest BCUT2D eigenvalue weighted by atomic mass is 79.9. The first-order chi connectivity index (χ1) is 38.4. The summed E-state index contributed by atoms with van der Waals surface area (Å²) < 4.78 is 22.6. The SMILES string of the molecule is C1CCOC1.CC(C)CCCC(C)CCBr.CC(C)CCCC(C)CCOc1ccc(/C=C/c2ccc(OCCC(C)CCCC(C)C)cc2)cc1.CC(C)CCCC(C)CCOc1ccc(C=O)cc1.O=Cc1ccc(O)cc1. The molecule has 0 bridgehead atoms. The van der Waals surface area contributed by atoms with E-state index in [-0.39, 0.29) is 5.75 Å². The van der Waals surface area contributed by atoms with Gasteiger partial charge in [0.1, 0.15) is 35.6 Å². The standard InChI is InChI=1S/C34H52O2.C17H26O2.C10H21Br.C7H6O2.C4H8O/c1-27(2)9-7-11-29(5)23-25-35-33-19-15-31(16-20-33)13-14-32-17-21-34(22-18-32)36-26-24-30(6)12-8-10-28(3)4;1-14(2)5-4-6-15(3)11-12-19-17-9-7-16(13-18)8-10-17;1-9(2)5-4-6-10(3)7-8-11;8-5-6-1-3-7(9)4-2-6;1-2-4-5-3-1/h13-22,27-30H,7-12,23-26H2,1-6H3;7-10,13-15H,4-6,11-12H2,1-3H3;9-10H,4-8H2,1-3H3;1-5,9H;1-4H2/b14-13+;;;;. The second-order valence-corrected chi connectivity index (χ2v) is 25.1. The Bertz CT molecular complexity index is 1980. The number of hydrogen-bond donors (Lipinski definition) is 1. The monoisotopic (exact) mass is 1170 g/mol. The van der Waals surface area contributed by atoms with Gasteiger partial charge in [-0.3, -0.25) is 9.59 Å². The minimum absolute atomic E-state index is 0.181. The molecule has 4 aromatic rings. The summed E-state index contributed by atoms with van der Waals surface area (Å²) in [4.78, 5) is 20.6. The molecule has 1 aliphatic heterocycles. The third-order valence-electron chi connectivity index (χ3n) is 14.3. The highest BCUT2D eigenvalue weighted by Crippen LogP contribution is 2.22. The Morgan fingerprint density at radius 1 is 0.400 bits per heavy atom. The first kappa shape index (κ1) is 73.6. The van der Waals surface area contributed by atoms with Gasteiger partial charge in [-0.25, -0.2) is 0 Å². The number of phenolic OH excluding ortho intramolecular Hbond substituents is 1. The Morgan fingerprint density at radius 2 is 0.675 bits per heavy atom. The van der Waals surface area contributed by atoms with Gasteiger partial charge >= 0.3 is 0 Å². The molecule has 0 spiro atoms. The quantitative estimate of drug-likeness (QED) is 0.0283. The van der Waals surface area contributed by atoms with E-state index in [2.05, 4.69) is 160 Å². The van der Waals surface area contributed by atoms with E-state index in [4.69, 9.17) is 24.1 Å². The van der Waals surface area contributed by atoms with Crippen molar-refractivity contribution in [3.8, 4) is 23.0 Å². The number of ether oxygens (including phenoxy) is 4. The molecule has 4 atom stereocenters. The molecule has 1 saturated heterocycles. The summed E-state index contributed by atoms with van der Waals surface area (Å²) in [6.07, 6.45) is 29.1. The van der Waals surface area contributed by atoms with Gasteiger partial charge in [0.05, 0.1) is 19.8 Å². The number of phenols is 1. The van der Waals surface area contributed by atoms with Gasteiger partial charge in [0.15, 0.2) is 0 Å². The number of carbonyl (C=O) groups excluding carboxylic acids is 2. The number of carbonyl (C=O) groups is 2. The molecular formula is C72H113BrO7. The van der Waals surface area contributed by atoms with Crippen molar-refractivity contribution in [2.75, 3.05) is 38.4 Å². The summed E-state index contributed by atoms with van der Waals surface area (Å²) in [5.74, 6) is 9.32. The van der Waals surface area contributed by atoms with Crippen LogP contribution < -0.4 is 14.2 Å². The van der Waals surface area contributed by atoms with E-state index in [9.17, 15) is 9.59 Å². The van der Waals surface area contributed by atoms with Gasteiger partial charge in [-0.2, -0.15) is 0 Å². The summed E-state index contributed by atoms with van der Waals surface area (Å²) in [5.41, 5.74) is 3.62. The zero-order chi connectivity index (χ0) is 59.2. The Labute approximate surface area is 498 Å². The Hall–Kier alpha value is -4.40. The van der Waals surface area contributed by atoms with Crippen molar-refractivity contribution in [3.63, 3.8) is 0 Å². The lowest BCUT2D eigenvalue weighted by molar-refractivity contribution is 0.111. The first-order valence-corrected chi connectivity index (χ1v) is 32.2. The zero-order valence-corrected chi connectivity index (χ0v) is 54.0. The molecule has 1 fully saturated rings. The molecule has 1 heterocycles. The first-order valence-electron chi connectivity index (χ1n) is 31.1. The van der Waals surface area contributed by atoms with Gasteiger partial charge in [0.2, 0.25) is 0 Å². The van der Waals surface area contributed by atoms with Crippen molar-refractivity contribution in [3.05, 3.63) is 119 Å². The lowest BCUT2D eigenvalue weighted by atomic mass is 9.98. The highest BCUT2D eigenvalue weighted by Gasteiger charge is 2.08. The maximum atomic E-state index is 10.5. The van der Waals surface area contributed by atoms with Gasteiger partial charge in [0.25, 0.3) is 0 Å². The average Bonchev–Trinajstić information content (AvgIpc) is 4.03. The molecule has 80 heavy (non-hydrogen) atoms. The van der Waals surface area contributed by atoms with Crippen LogP contribution in [0.4, 0.5) is 0 Å². The number of hydrogen-bond acceptors (Lipinski definition) is 7. The van der Waals surface area contributed by atoms with Crippen molar-refractivity contribution >= 4 is 40.7 Å². The van der Waals surface area contributed by atoms with Crippen LogP contribution in [0.2, 0.25) is 0 Å². The number of aldehydes is 2. The van der Waals surface area contributed by atoms with Crippen LogP contribution >= 0.6 is 15.9 Å². The lowest BCUT2D eigenvalue weighted by Crippen LogP contribution is -2.04. The summed E-state index contributed by atoms with van der Waals surface area (Å²) in [5, 5.41) is 9.90. The molecule has 7 nitrogen and oxygen atoms in total. The molecule has 8 heteroatoms. The van der Waals surface area contributed by atoms with Crippen LogP contribution in [0, 0.1) is 47.3 Å². The summed E-state index contributed by atoms with van der Waals surface area (Å²) in [6, 6.07) is 30.1. The smallest absolute Gasteiger partial charge is 0.150 e. The predicted molar refractivity (Wildman–Crippen MR) is 347 cm³/mol. The van der Waals surface area contributed by atoms with E-state index in [0.29, 0.717) is 17.0 Å². The van der Waals surface area contributed by atoms with Crippen LogP contribution in [0.3, 0.4) is 0 Å². The van der Waals surface area contributed by atoms with Crippen LogP contribution in [-0.4, -0.2) is 56.0 Å². The molecule has 0 radical (unpaired) electrons. The Morgan fingerprint density at radius 3 is 0.925 bits per heavy atom. The molecule has 4 unspecified atom stereocenters. The fourth-order valence-electron chi connectivity index (χ4n) is 8.64. The molecule has 0 aliphatic carbocycles. The fraction of sp³-hybridized carbons (Fsp3) is 0.611. The van der Waals surface area contributed by atoms with Crippen LogP contribution in [0.25, 0.3) is 12.2 Å². The topological polar surface area (TPSA) is 91.3 Å². The van der Waals surface area contributed by atoms with E-state index in [1.54, 1.807) is 24.3 Å². The predicted octanol–water partition coefficient (Wildman–Crippen LogP) is 21.3. The molecule has 4 aromatic carbocycles. The second-order valence-electron chi connectivity index (χ2n) is 24.3. The molecule has 0 aromatic heterocycles. The Kier molecular flexibility index (Phi) is 44.3. The van der Waals surface area contributed by atoms with Crippen LogP contribution in [0.15, 0.2) is 97.1 Å². The van der Waals surface area contributed by atoms with Crippen molar-refractivity contribution in [1.82, 2.24) is 0 Å². The van der Waals surface area contributed by atoms with Crippen LogP contribution in [0.5, 0.6) is 23.0 Å². The third kappa shape index (κ3) is 43.3. The lowest BCUT2D eigenvalue weighted by Gasteiger charge is -2.13. The van der Waals surface area contributed by atoms with Gasteiger partial charge in [-0.15, -0.1) is 0 Å². The number of halogens is 1. The molecule has 0 amide bonds. The van der Waals surface area contributed by atoms with Crippen LogP contribution in [-0.2, 0) is 4.74 Å². The minimum Gasteiger partial charge on any atom is -0.508 e. The average molecular weight is 1170 g/mol. The van der Waals surface area contributed by atoms with Crippen molar-refractivity contribution in [2.45, 2.75) is 199 Å². The van der Waals surface area contributed by atoms with Crippen LogP contribution in [0.1, 0.15) is 231 Å². The van der Waals surface area contributed by atoms with E-state index >= 15 is 0 Å². The van der Waals surface area contributed by atoms with Crippen molar-refractivity contribution in [2.24, 2.45) is 47.3 Å². The van der Waals surface area contributed by atoms with Gasteiger partial charge in [0, 0.05) is 29.7 Å².